The van der Waals surface area contributed by atoms with Crippen LogP contribution in [0.25, 0.3) is 0 Å². The lowest BCUT2D eigenvalue weighted by molar-refractivity contribution is -0.115. The number of benzene rings is 2. The third kappa shape index (κ3) is 5.48. The summed E-state index contributed by atoms with van der Waals surface area (Å²) in [7, 11) is -3.71. The summed E-state index contributed by atoms with van der Waals surface area (Å²) in [5.41, 5.74) is 0.399. The minimum Gasteiger partial charge on any atom is -0.325 e. The summed E-state index contributed by atoms with van der Waals surface area (Å²) in [6.45, 7) is 6.02. The Morgan fingerprint density at radius 3 is 2.37 bits per heavy atom. The molecule has 1 N–H and O–H groups in total. The molecule has 0 saturated heterocycles. The normalized spacial score (nSPS) is 12.8. The van der Waals surface area contributed by atoms with Gasteiger partial charge < -0.3 is 5.32 Å². The van der Waals surface area contributed by atoms with Gasteiger partial charge in [0.15, 0.2) is 0 Å². The quantitative estimate of drug-likeness (QED) is 0.631. The van der Waals surface area contributed by atoms with Crippen molar-refractivity contribution >= 4 is 45.0 Å². The Morgan fingerprint density at radius 1 is 1.15 bits per heavy atom. The van der Waals surface area contributed by atoms with Crippen LogP contribution in [0.4, 0.5) is 5.69 Å². The van der Waals surface area contributed by atoms with Gasteiger partial charge >= 0.3 is 0 Å². The van der Waals surface area contributed by atoms with E-state index < -0.39 is 10.0 Å². The van der Waals surface area contributed by atoms with E-state index in [-0.39, 0.29) is 21.1 Å². The molecule has 146 valence electrons. The standard InChI is InChI=1S/C19H23ClN2O3S2/c1-4-22(5-2)27(24,25)18-13-15(11-12-17(18)20)21-19(23)14(3)26-16-9-7-6-8-10-16/h6-14H,4-5H2,1-3H3,(H,21,23). The van der Waals surface area contributed by atoms with Crippen LogP contribution >= 0.6 is 23.4 Å². The molecule has 0 aromatic heterocycles. The topological polar surface area (TPSA) is 66.5 Å². The van der Waals surface area contributed by atoms with Crippen LogP contribution in [0.3, 0.4) is 0 Å². The molecule has 2 rings (SSSR count). The maximum atomic E-state index is 12.8. The third-order valence-corrected chi connectivity index (χ3v) is 7.59. The zero-order chi connectivity index (χ0) is 20.0. The van der Waals surface area contributed by atoms with Crippen LogP contribution in [0.5, 0.6) is 0 Å². The molecule has 1 atom stereocenters. The molecule has 27 heavy (non-hydrogen) atoms. The minimum atomic E-state index is -3.71. The Hall–Kier alpha value is -1.54. The molecule has 0 fully saturated rings. The first-order chi connectivity index (χ1) is 12.8. The highest BCUT2D eigenvalue weighted by Gasteiger charge is 2.25. The lowest BCUT2D eigenvalue weighted by Gasteiger charge is -2.20. The van der Waals surface area contributed by atoms with Crippen molar-refractivity contribution in [2.75, 3.05) is 18.4 Å². The third-order valence-electron chi connectivity index (χ3n) is 3.95. The van der Waals surface area contributed by atoms with Crippen LogP contribution in [0.1, 0.15) is 20.8 Å². The Bertz CT molecular complexity index is 885. The monoisotopic (exact) mass is 426 g/mol. The van der Waals surface area contributed by atoms with Gasteiger partial charge in [-0.15, -0.1) is 11.8 Å². The molecule has 0 aliphatic carbocycles. The molecule has 0 radical (unpaired) electrons. The number of hydrogen-bond donors (Lipinski definition) is 1. The Labute approximate surface area is 170 Å². The summed E-state index contributed by atoms with van der Waals surface area (Å²) < 4.78 is 26.8. The Balaban J connectivity index is 2.19. The molecule has 0 aliphatic rings. The predicted octanol–water partition coefficient (Wildman–Crippen LogP) is 4.49. The number of nitrogens with zero attached hydrogens (tertiary/aromatic N) is 1. The highest BCUT2D eigenvalue weighted by Crippen LogP contribution is 2.29. The summed E-state index contributed by atoms with van der Waals surface area (Å²) >= 11 is 7.55. The van der Waals surface area contributed by atoms with E-state index in [1.807, 2.05) is 30.3 Å². The van der Waals surface area contributed by atoms with Crippen molar-refractivity contribution in [2.24, 2.45) is 0 Å². The average Bonchev–Trinajstić information content (AvgIpc) is 2.64. The number of thioether (sulfide) groups is 1. The number of carbonyl (C=O) groups is 1. The largest absolute Gasteiger partial charge is 0.325 e. The van der Waals surface area contributed by atoms with Gasteiger partial charge in [0.2, 0.25) is 15.9 Å². The molecule has 8 heteroatoms. The van der Waals surface area contributed by atoms with Gasteiger partial charge in [-0.1, -0.05) is 43.6 Å². The molecule has 2 aromatic carbocycles. The molecule has 1 unspecified atom stereocenters. The number of halogens is 1. The molecule has 1 amide bonds. The molecule has 0 spiro atoms. The van der Waals surface area contributed by atoms with E-state index in [1.165, 1.54) is 28.2 Å². The molecule has 0 heterocycles. The SMILES string of the molecule is CCN(CC)S(=O)(=O)c1cc(NC(=O)C(C)Sc2ccccc2)ccc1Cl. The summed E-state index contributed by atoms with van der Waals surface area (Å²) in [5, 5.41) is 2.56. The highest BCUT2D eigenvalue weighted by atomic mass is 35.5. The number of carbonyl (C=O) groups excluding carboxylic acids is 1. The van der Waals surface area contributed by atoms with E-state index in [4.69, 9.17) is 11.6 Å². The number of hydrogen-bond acceptors (Lipinski definition) is 4. The minimum absolute atomic E-state index is 0.00553. The van der Waals surface area contributed by atoms with Gasteiger partial charge in [-0.2, -0.15) is 4.31 Å². The number of amides is 1. The van der Waals surface area contributed by atoms with E-state index in [0.717, 1.165) is 4.90 Å². The van der Waals surface area contributed by atoms with Gasteiger partial charge in [-0.3, -0.25) is 4.79 Å². The molecular weight excluding hydrogens is 404 g/mol. The molecule has 0 bridgehead atoms. The van der Waals surface area contributed by atoms with Crippen LogP contribution in [0.2, 0.25) is 5.02 Å². The lowest BCUT2D eigenvalue weighted by atomic mass is 10.3. The highest BCUT2D eigenvalue weighted by molar-refractivity contribution is 8.00. The summed E-state index contributed by atoms with van der Waals surface area (Å²) in [6, 6.07) is 14.1. The second kappa shape index (κ2) is 9.59. The second-order valence-corrected chi connectivity index (χ2v) is 9.52. The van der Waals surface area contributed by atoms with Crippen molar-refractivity contribution in [3.63, 3.8) is 0 Å². The zero-order valence-electron chi connectivity index (χ0n) is 15.5. The van der Waals surface area contributed by atoms with E-state index in [0.29, 0.717) is 18.8 Å². The van der Waals surface area contributed by atoms with Crippen molar-refractivity contribution in [1.29, 1.82) is 0 Å². The molecule has 0 saturated carbocycles. The predicted molar refractivity (Wildman–Crippen MR) is 112 cm³/mol. The first kappa shape index (κ1) is 21.8. The Morgan fingerprint density at radius 2 is 1.78 bits per heavy atom. The fourth-order valence-electron chi connectivity index (χ4n) is 2.48. The van der Waals surface area contributed by atoms with Gasteiger partial charge in [0.25, 0.3) is 0 Å². The average molecular weight is 427 g/mol. The maximum absolute atomic E-state index is 12.8. The van der Waals surface area contributed by atoms with Gasteiger partial charge in [0.1, 0.15) is 4.90 Å². The molecular formula is C19H23ClN2O3S2. The first-order valence-electron chi connectivity index (χ1n) is 8.61. The van der Waals surface area contributed by atoms with E-state index >= 15 is 0 Å². The first-order valence-corrected chi connectivity index (χ1v) is 11.3. The van der Waals surface area contributed by atoms with Crippen molar-refractivity contribution < 1.29 is 13.2 Å². The summed E-state index contributed by atoms with van der Waals surface area (Å²) in [6.07, 6.45) is 0. The van der Waals surface area contributed by atoms with Gasteiger partial charge in [-0.05, 0) is 37.3 Å². The number of sulfonamides is 1. The van der Waals surface area contributed by atoms with Crippen LogP contribution in [-0.4, -0.2) is 37.0 Å². The maximum Gasteiger partial charge on any atom is 0.244 e. The van der Waals surface area contributed by atoms with Crippen molar-refractivity contribution in [3.8, 4) is 0 Å². The van der Waals surface area contributed by atoms with Crippen molar-refractivity contribution in [3.05, 3.63) is 53.6 Å². The van der Waals surface area contributed by atoms with Crippen LogP contribution in [0.15, 0.2) is 58.3 Å². The molecule has 2 aromatic rings. The Kier molecular flexibility index (Phi) is 7.73. The van der Waals surface area contributed by atoms with E-state index in [2.05, 4.69) is 5.32 Å². The van der Waals surface area contributed by atoms with Gasteiger partial charge in [-0.25, -0.2) is 8.42 Å². The van der Waals surface area contributed by atoms with Crippen LogP contribution in [0, 0.1) is 0 Å². The number of anilines is 1. The van der Waals surface area contributed by atoms with E-state index in [9.17, 15) is 13.2 Å². The van der Waals surface area contributed by atoms with Crippen LogP contribution in [-0.2, 0) is 14.8 Å². The summed E-state index contributed by atoms with van der Waals surface area (Å²) in [5.74, 6) is -0.211. The number of nitrogens with one attached hydrogen (secondary N) is 1. The van der Waals surface area contributed by atoms with Crippen LogP contribution < -0.4 is 5.32 Å². The zero-order valence-corrected chi connectivity index (χ0v) is 17.9. The lowest BCUT2D eigenvalue weighted by Crippen LogP contribution is -2.31. The van der Waals surface area contributed by atoms with Gasteiger partial charge in [0, 0.05) is 23.7 Å². The summed E-state index contributed by atoms with van der Waals surface area (Å²) in [4.78, 5) is 13.5. The van der Waals surface area contributed by atoms with E-state index in [1.54, 1.807) is 26.8 Å². The molecule has 0 aliphatic heterocycles. The van der Waals surface area contributed by atoms with Gasteiger partial charge in [0.05, 0.1) is 10.3 Å². The molecule has 5 nitrogen and oxygen atoms in total. The smallest absolute Gasteiger partial charge is 0.244 e. The van der Waals surface area contributed by atoms with Crippen molar-refractivity contribution in [2.45, 2.75) is 35.8 Å². The number of rotatable bonds is 8. The second-order valence-electron chi connectivity index (χ2n) is 5.80. The fraction of sp³-hybridized carbons (Fsp3) is 0.316. The van der Waals surface area contributed by atoms with Crippen molar-refractivity contribution in [1.82, 2.24) is 4.31 Å². The fourth-order valence-corrected chi connectivity index (χ4v) is 5.33.